The number of ketones is 1. The molecule has 0 saturated heterocycles. The van der Waals surface area contributed by atoms with Crippen molar-refractivity contribution < 1.29 is 15.8 Å². The maximum atomic E-state index is 12.1. The Balaban J connectivity index is 0.00000240. The summed E-state index contributed by atoms with van der Waals surface area (Å²) in [6.07, 6.45) is 3.82. The van der Waals surface area contributed by atoms with Crippen molar-refractivity contribution in [2.45, 2.75) is 25.7 Å². The number of H-pyrrole nitrogens is 1. The maximum absolute atomic E-state index is 12.1. The lowest BCUT2D eigenvalue weighted by Gasteiger charge is -2.05. The lowest BCUT2D eigenvalue weighted by Crippen LogP contribution is -2.16. The van der Waals surface area contributed by atoms with Gasteiger partial charge in [0.15, 0.2) is 17.5 Å². The van der Waals surface area contributed by atoms with Gasteiger partial charge in [0.2, 0.25) is 0 Å². The van der Waals surface area contributed by atoms with E-state index in [-0.39, 0.29) is 12.9 Å². The van der Waals surface area contributed by atoms with E-state index in [9.17, 15) is 9.59 Å². The first-order valence-electron chi connectivity index (χ1n) is 8.71. The van der Waals surface area contributed by atoms with Crippen molar-refractivity contribution in [3.8, 4) is 10.7 Å². The summed E-state index contributed by atoms with van der Waals surface area (Å²) in [6.45, 7) is 1.79. The van der Waals surface area contributed by atoms with Crippen molar-refractivity contribution >= 4 is 46.3 Å². The molecule has 0 atom stereocenters. The molecule has 1 fully saturated rings. The third-order valence-electron chi connectivity index (χ3n) is 4.12. The van der Waals surface area contributed by atoms with Crippen LogP contribution in [0.3, 0.4) is 0 Å². The zero-order valence-electron chi connectivity index (χ0n) is 14.9. The third-order valence-corrected chi connectivity index (χ3v) is 5.47. The second kappa shape index (κ2) is 7.69. The lowest BCUT2D eigenvalue weighted by molar-refractivity contribution is -0.137. The number of aromatic amines is 1. The molecule has 8 nitrogen and oxygen atoms in total. The highest BCUT2D eigenvalue weighted by Crippen LogP contribution is 2.40. The van der Waals surface area contributed by atoms with Crippen molar-refractivity contribution in [3.63, 3.8) is 0 Å². The Morgan fingerprint density at radius 2 is 2.25 bits per heavy atom. The molecule has 1 saturated carbocycles. The van der Waals surface area contributed by atoms with E-state index in [2.05, 4.69) is 25.5 Å². The summed E-state index contributed by atoms with van der Waals surface area (Å²) in [5.74, 6) is 0.415. The van der Waals surface area contributed by atoms with E-state index in [0.717, 1.165) is 17.0 Å². The van der Waals surface area contributed by atoms with Gasteiger partial charge in [-0.05, 0) is 31.9 Å². The Hall–Kier alpha value is -2.78. The zero-order valence-corrected chi connectivity index (χ0v) is 16.4. The lowest BCUT2D eigenvalue weighted by atomic mass is 10.3. The van der Waals surface area contributed by atoms with Gasteiger partial charge in [-0.25, -0.2) is 14.8 Å². The molecule has 0 bridgehead atoms. The Kier molecular flexibility index (Phi) is 5.10. The van der Waals surface area contributed by atoms with Gasteiger partial charge in [-0.3, -0.25) is 9.89 Å². The van der Waals surface area contributed by atoms with Crippen molar-refractivity contribution in [3.05, 3.63) is 40.0 Å². The third kappa shape index (κ3) is 3.90. The van der Waals surface area contributed by atoms with E-state index in [1.807, 2.05) is 6.07 Å². The molecule has 2 N–H and O–H groups in total. The topological polar surface area (TPSA) is 110 Å². The number of rotatable bonds is 7. The molecule has 3 heterocycles. The van der Waals surface area contributed by atoms with Crippen LogP contribution in [0.2, 0.25) is 5.02 Å². The Bertz CT molecular complexity index is 1050. The number of anilines is 2. The first-order chi connectivity index (χ1) is 13.5. The molecular formula is C18H18ClN5O3S. The highest BCUT2D eigenvalue weighted by Gasteiger charge is 2.26. The highest BCUT2D eigenvalue weighted by molar-refractivity contribution is 7.18. The van der Waals surface area contributed by atoms with Gasteiger partial charge in [0.25, 0.3) is 5.78 Å². The first kappa shape index (κ1) is 18.6. The van der Waals surface area contributed by atoms with Crippen LogP contribution in [0.25, 0.3) is 10.7 Å². The molecule has 10 heteroatoms. The molecule has 28 heavy (non-hydrogen) atoms. The largest absolute Gasteiger partial charge is 0.460 e. The van der Waals surface area contributed by atoms with Crippen LogP contribution in [0.1, 0.15) is 42.5 Å². The minimum absolute atomic E-state index is 0. The number of esters is 1. The molecule has 3 aromatic rings. The Morgan fingerprint density at radius 3 is 3.00 bits per heavy atom. The number of aromatic nitrogens is 4. The van der Waals surface area contributed by atoms with E-state index < -0.39 is 11.8 Å². The van der Waals surface area contributed by atoms with Gasteiger partial charge in [-0.2, -0.15) is 5.10 Å². The quantitative estimate of drug-likeness (QED) is 0.335. The monoisotopic (exact) mass is 419 g/mol. The average molecular weight is 420 g/mol. The molecule has 3 aromatic heterocycles. The summed E-state index contributed by atoms with van der Waals surface area (Å²) in [5.41, 5.74) is 1.09. The van der Waals surface area contributed by atoms with Gasteiger partial charge in [0.1, 0.15) is 5.02 Å². The number of hydrogen-bond donors (Lipinski definition) is 2. The van der Waals surface area contributed by atoms with E-state index in [1.165, 1.54) is 19.0 Å². The van der Waals surface area contributed by atoms with Gasteiger partial charge in [0.05, 0.1) is 22.6 Å². The minimum Gasteiger partial charge on any atom is -0.460 e. The summed E-state index contributed by atoms with van der Waals surface area (Å²) in [6, 6.07) is 5.18. The van der Waals surface area contributed by atoms with Gasteiger partial charge < -0.3 is 10.1 Å². The van der Waals surface area contributed by atoms with Crippen molar-refractivity contribution in [2.24, 2.45) is 0 Å². The van der Waals surface area contributed by atoms with Gasteiger partial charge >= 0.3 is 5.97 Å². The van der Waals surface area contributed by atoms with E-state index in [0.29, 0.717) is 33.3 Å². The van der Waals surface area contributed by atoms with Gasteiger partial charge in [-0.15, -0.1) is 11.3 Å². The molecule has 146 valence electrons. The average Bonchev–Trinajstić information content (AvgIpc) is 3.23. The molecule has 0 aromatic carbocycles. The molecule has 0 radical (unpaired) electrons. The summed E-state index contributed by atoms with van der Waals surface area (Å²) < 4.78 is 4.75. The number of Topliss-reactive ketones (excluding diaryl/α,β-unsaturated/α-hetero) is 1. The van der Waals surface area contributed by atoms with Crippen LogP contribution in [0.4, 0.5) is 11.6 Å². The molecular weight excluding hydrogens is 402 g/mol. The van der Waals surface area contributed by atoms with Crippen LogP contribution in [0.5, 0.6) is 0 Å². The molecule has 0 amide bonds. The van der Waals surface area contributed by atoms with Crippen LogP contribution < -0.4 is 5.32 Å². The van der Waals surface area contributed by atoms with Crippen LogP contribution in [0, 0.1) is 0 Å². The van der Waals surface area contributed by atoms with Crippen LogP contribution in [-0.4, -0.2) is 38.5 Å². The fraction of sp³-hybridized carbons (Fsp3) is 0.278. The Morgan fingerprint density at radius 1 is 1.43 bits per heavy atom. The number of thiophene rings is 1. The zero-order chi connectivity index (χ0) is 19.7. The van der Waals surface area contributed by atoms with Crippen LogP contribution in [-0.2, 0) is 9.53 Å². The molecule has 1 aliphatic rings. The minimum atomic E-state index is -0.875. The number of carbonyl (C=O) groups is 2. The maximum Gasteiger partial charge on any atom is 0.380 e. The number of ether oxygens (including phenoxy) is 1. The van der Waals surface area contributed by atoms with Crippen molar-refractivity contribution in [1.82, 2.24) is 20.2 Å². The standard InChI is InChI=1S/C18H16ClN5O3S.H2/c1-2-27-18(26)15(25)12-5-6-13(28-12)17-20-8-10(19)16(22-17)21-14-7-11(23-24-14)9-3-4-9;/h5-9H,2-4H2,1H3,(H2,20,21,22,23,24);1H. The number of nitrogens with zero attached hydrogens (tertiary/aromatic N) is 3. The number of hydrogen-bond acceptors (Lipinski definition) is 8. The number of halogens is 1. The van der Waals surface area contributed by atoms with Crippen molar-refractivity contribution in [1.29, 1.82) is 0 Å². The summed E-state index contributed by atoms with van der Waals surface area (Å²) in [5, 5.41) is 10.7. The summed E-state index contributed by atoms with van der Waals surface area (Å²) in [7, 11) is 0. The van der Waals surface area contributed by atoms with Gasteiger partial charge in [-0.1, -0.05) is 11.6 Å². The summed E-state index contributed by atoms with van der Waals surface area (Å²) >= 11 is 7.33. The first-order valence-corrected chi connectivity index (χ1v) is 9.91. The van der Waals surface area contributed by atoms with Crippen LogP contribution >= 0.6 is 22.9 Å². The van der Waals surface area contributed by atoms with Crippen LogP contribution in [0.15, 0.2) is 24.4 Å². The van der Waals surface area contributed by atoms with E-state index in [1.54, 1.807) is 19.1 Å². The fourth-order valence-electron chi connectivity index (χ4n) is 2.58. The second-order valence-corrected chi connectivity index (χ2v) is 7.70. The predicted octanol–water partition coefficient (Wildman–Crippen LogP) is 4.19. The normalized spacial score (nSPS) is 13.4. The number of nitrogens with one attached hydrogen (secondary N) is 2. The fourth-order valence-corrected chi connectivity index (χ4v) is 3.59. The summed E-state index contributed by atoms with van der Waals surface area (Å²) in [4.78, 5) is 33.2. The molecule has 0 spiro atoms. The predicted molar refractivity (Wildman–Crippen MR) is 107 cm³/mol. The SMILES string of the molecule is CCOC(=O)C(=O)c1ccc(-c2ncc(Cl)c(Nc3cc(C4CC4)[nH]n3)n2)s1.[HH]. The van der Waals surface area contributed by atoms with Gasteiger partial charge in [0, 0.05) is 19.1 Å². The molecule has 0 aliphatic heterocycles. The number of carbonyl (C=O) groups excluding carboxylic acids is 2. The second-order valence-electron chi connectivity index (χ2n) is 6.21. The van der Waals surface area contributed by atoms with E-state index in [4.69, 9.17) is 16.3 Å². The highest BCUT2D eigenvalue weighted by atomic mass is 35.5. The molecule has 4 rings (SSSR count). The molecule has 1 aliphatic carbocycles. The smallest absolute Gasteiger partial charge is 0.380 e. The van der Waals surface area contributed by atoms with E-state index >= 15 is 0 Å². The van der Waals surface area contributed by atoms with Crippen molar-refractivity contribution in [2.75, 3.05) is 11.9 Å². The molecule has 0 unspecified atom stereocenters. The Labute approximate surface area is 170 Å².